The number of hydrogen-bond acceptors (Lipinski definition) is 3. The van der Waals surface area contributed by atoms with Crippen LogP contribution in [0.25, 0.3) is 10.9 Å². The second-order valence-corrected chi connectivity index (χ2v) is 5.60. The molecule has 3 rings (SSSR count). The number of methoxy groups -OCH3 is 1. The SMILES string of the molecule is COc1ccc(C(O)CNC(=O)Cn2ccc3ccccc32)cc1. The third-order valence-corrected chi connectivity index (χ3v) is 3.99. The van der Waals surface area contributed by atoms with Crippen LogP contribution in [0.1, 0.15) is 11.7 Å². The minimum absolute atomic E-state index is 0.135. The summed E-state index contributed by atoms with van der Waals surface area (Å²) < 4.78 is 6.98. The van der Waals surface area contributed by atoms with Crippen molar-refractivity contribution in [2.75, 3.05) is 13.7 Å². The standard InChI is InChI=1S/C19H20N2O3/c1-24-16-8-6-15(7-9-16)18(22)12-20-19(23)13-21-11-10-14-4-2-3-5-17(14)21/h2-11,18,22H,12-13H2,1H3,(H,20,23). The number of fused-ring (bicyclic) bond motifs is 1. The van der Waals surface area contributed by atoms with Crippen molar-refractivity contribution in [2.45, 2.75) is 12.6 Å². The van der Waals surface area contributed by atoms with Gasteiger partial charge in [0.15, 0.2) is 0 Å². The second-order valence-electron chi connectivity index (χ2n) is 5.60. The number of nitrogens with one attached hydrogen (secondary N) is 1. The fraction of sp³-hybridized carbons (Fsp3) is 0.211. The summed E-state index contributed by atoms with van der Waals surface area (Å²) in [4.78, 5) is 12.1. The largest absolute Gasteiger partial charge is 0.497 e. The van der Waals surface area contributed by atoms with E-state index >= 15 is 0 Å². The number of rotatable bonds is 6. The molecule has 5 heteroatoms. The van der Waals surface area contributed by atoms with Gasteiger partial charge >= 0.3 is 0 Å². The summed E-state index contributed by atoms with van der Waals surface area (Å²) >= 11 is 0. The van der Waals surface area contributed by atoms with Crippen LogP contribution in [0.15, 0.2) is 60.8 Å². The van der Waals surface area contributed by atoms with Gasteiger partial charge in [-0.05, 0) is 35.2 Å². The van der Waals surface area contributed by atoms with Crippen LogP contribution in [-0.2, 0) is 11.3 Å². The molecule has 124 valence electrons. The fourth-order valence-corrected chi connectivity index (χ4v) is 2.64. The molecule has 0 saturated carbocycles. The molecule has 1 atom stereocenters. The Morgan fingerprint density at radius 2 is 1.92 bits per heavy atom. The van der Waals surface area contributed by atoms with Crippen molar-refractivity contribution in [3.05, 3.63) is 66.4 Å². The molecule has 0 radical (unpaired) electrons. The third kappa shape index (κ3) is 3.58. The first-order valence-corrected chi connectivity index (χ1v) is 7.80. The van der Waals surface area contributed by atoms with Gasteiger partial charge < -0.3 is 19.7 Å². The molecule has 3 aromatic rings. The predicted molar refractivity (Wildman–Crippen MR) is 92.9 cm³/mol. The van der Waals surface area contributed by atoms with Gasteiger partial charge in [0.1, 0.15) is 12.3 Å². The maximum atomic E-state index is 12.1. The van der Waals surface area contributed by atoms with E-state index in [2.05, 4.69) is 5.32 Å². The normalized spacial score (nSPS) is 12.1. The average molecular weight is 324 g/mol. The summed E-state index contributed by atoms with van der Waals surface area (Å²) in [7, 11) is 1.59. The Morgan fingerprint density at radius 1 is 1.17 bits per heavy atom. The second kappa shape index (κ2) is 7.19. The Kier molecular flexibility index (Phi) is 4.82. The van der Waals surface area contributed by atoms with Crippen LogP contribution in [0.3, 0.4) is 0 Å². The number of aliphatic hydroxyl groups is 1. The molecule has 1 heterocycles. The molecule has 0 aliphatic heterocycles. The van der Waals surface area contributed by atoms with Crippen LogP contribution in [0, 0.1) is 0 Å². The highest BCUT2D eigenvalue weighted by Gasteiger charge is 2.11. The van der Waals surface area contributed by atoms with Gasteiger partial charge in [-0.25, -0.2) is 0 Å². The zero-order valence-corrected chi connectivity index (χ0v) is 13.5. The Labute approximate surface area is 140 Å². The Hall–Kier alpha value is -2.79. The van der Waals surface area contributed by atoms with Gasteiger partial charge in [-0.3, -0.25) is 4.79 Å². The summed E-state index contributed by atoms with van der Waals surface area (Å²) in [5.74, 6) is 0.596. The van der Waals surface area contributed by atoms with E-state index in [1.54, 1.807) is 31.4 Å². The molecule has 1 amide bonds. The Balaban J connectivity index is 1.56. The maximum Gasteiger partial charge on any atom is 0.240 e. The molecule has 2 aromatic carbocycles. The van der Waals surface area contributed by atoms with Crippen molar-refractivity contribution in [1.82, 2.24) is 9.88 Å². The van der Waals surface area contributed by atoms with Crippen LogP contribution in [-0.4, -0.2) is 29.2 Å². The molecule has 0 aliphatic rings. The summed E-state index contributed by atoms with van der Waals surface area (Å²) in [5.41, 5.74) is 1.76. The van der Waals surface area contributed by atoms with Gasteiger partial charge in [0.2, 0.25) is 5.91 Å². The first kappa shape index (κ1) is 16.1. The monoisotopic (exact) mass is 324 g/mol. The lowest BCUT2D eigenvalue weighted by atomic mass is 10.1. The molecular weight excluding hydrogens is 304 g/mol. The lowest BCUT2D eigenvalue weighted by Gasteiger charge is -2.13. The highest BCUT2D eigenvalue weighted by Crippen LogP contribution is 2.17. The number of benzene rings is 2. The number of para-hydroxylation sites is 1. The highest BCUT2D eigenvalue weighted by molar-refractivity contribution is 5.83. The van der Waals surface area contributed by atoms with E-state index in [-0.39, 0.29) is 19.0 Å². The summed E-state index contributed by atoms with van der Waals surface area (Å²) in [6.45, 7) is 0.396. The predicted octanol–water partition coefficient (Wildman–Crippen LogP) is 2.50. The van der Waals surface area contributed by atoms with Gasteiger partial charge in [-0.15, -0.1) is 0 Å². The summed E-state index contributed by atoms with van der Waals surface area (Å²) in [6, 6.07) is 17.0. The first-order valence-electron chi connectivity index (χ1n) is 7.80. The summed E-state index contributed by atoms with van der Waals surface area (Å²) in [5, 5.41) is 14.0. The third-order valence-electron chi connectivity index (χ3n) is 3.99. The fourth-order valence-electron chi connectivity index (χ4n) is 2.64. The van der Waals surface area contributed by atoms with Gasteiger partial charge in [-0.1, -0.05) is 30.3 Å². The van der Waals surface area contributed by atoms with Crippen molar-refractivity contribution < 1.29 is 14.6 Å². The van der Waals surface area contributed by atoms with E-state index in [1.165, 1.54) is 0 Å². The van der Waals surface area contributed by atoms with Crippen molar-refractivity contribution in [3.8, 4) is 5.75 Å². The maximum absolute atomic E-state index is 12.1. The van der Waals surface area contributed by atoms with E-state index in [0.717, 1.165) is 22.2 Å². The molecule has 0 bridgehead atoms. The highest BCUT2D eigenvalue weighted by atomic mass is 16.5. The molecule has 0 spiro atoms. The Bertz CT molecular complexity index is 824. The van der Waals surface area contributed by atoms with Crippen LogP contribution < -0.4 is 10.1 Å². The molecule has 1 unspecified atom stereocenters. The molecule has 0 fully saturated rings. The molecule has 5 nitrogen and oxygen atoms in total. The van der Waals surface area contributed by atoms with Gasteiger partial charge in [0, 0.05) is 18.3 Å². The van der Waals surface area contributed by atoms with Crippen LogP contribution in [0.4, 0.5) is 0 Å². The van der Waals surface area contributed by atoms with Crippen LogP contribution in [0.2, 0.25) is 0 Å². The van der Waals surface area contributed by atoms with Crippen molar-refractivity contribution in [2.24, 2.45) is 0 Å². The molecule has 2 N–H and O–H groups in total. The van der Waals surface area contributed by atoms with Gasteiger partial charge in [0.25, 0.3) is 0 Å². The molecular formula is C19H20N2O3. The zero-order chi connectivity index (χ0) is 16.9. The van der Waals surface area contributed by atoms with Gasteiger partial charge in [0.05, 0.1) is 13.2 Å². The minimum atomic E-state index is -0.749. The van der Waals surface area contributed by atoms with Crippen molar-refractivity contribution >= 4 is 16.8 Å². The number of hydrogen-bond donors (Lipinski definition) is 2. The van der Waals surface area contributed by atoms with Gasteiger partial charge in [-0.2, -0.15) is 0 Å². The lowest BCUT2D eigenvalue weighted by molar-refractivity contribution is -0.122. The lowest BCUT2D eigenvalue weighted by Crippen LogP contribution is -2.31. The van der Waals surface area contributed by atoms with E-state index in [9.17, 15) is 9.90 Å². The van der Waals surface area contributed by atoms with Crippen molar-refractivity contribution in [1.29, 1.82) is 0 Å². The quantitative estimate of drug-likeness (QED) is 0.732. The first-order chi connectivity index (χ1) is 11.7. The number of aliphatic hydroxyl groups excluding tert-OH is 1. The number of amides is 1. The van der Waals surface area contributed by atoms with E-state index in [0.29, 0.717) is 0 Å². The zero-order valence-electron chi connectivity index (χ0n) is 13.5. The minimum Gasteiger partial charge on any atom is -0.497 e. The van der Waals surface area contributed by atoms with Crippen LogP contribution in [0.5, 0.6) is 5.75 Å². The smallest absolute Gasteiger partial charge is 0.240 e. The topological polar surface area (TPSA) is 63.5 Å². The van der Waals surface area contributed by atoms with Crippen LogP contribution >= 0.6 is 0 Å². The van der Waals surface area contributed by atoms with E-state index in [4.69, 9.17) is 4.74 Å². The van der Waals surface area contributed by atoms with Crippen molar-refractivity contribution in [3.63, 3.8) is 0 Å². The number of aromatic nitrogens is 1. The molecule has 1 aromatic heterocycles. The molecule has 24 heavy (non-hydrogen) atoms. The average Bonchev–Trinajstić information content (AvgIpc) is 3.03. The Morgan fingerprint density at radius 3 is 2.67 bits per heavy atom. The number of ether oxygens (including phenoxy) is 1. The molecule has 0 aliphatic carbocycles. The number of carbonyl (C=O) groups excluding carboxylic acids is 1. The summed E-state index contributed by atoms with van der Waals surface area (Å²) in [6.07, 6.45) is 1.14. The van der Waals surface area contributed by atoms with E-state index in [1.807, 2.05) is 41.1 Å². The number of nitrogens with zero attached hydrogens (tertiary/aromatic N) is 1. The number of carbonyl (C=O) groups is 1. The molecule has 0 saturated heterocycles. The van der Waals surface area contributed by atoms with E-state index < -0.39 is 6.10 Å².